The van der Waals surface area contributed by atoms with Gasteiger partial charge in [0.05, 0.1) is 13.2 Å². The fraction of sp³-hybridized carbons (Fsp3) is 0.579. The molecule has 0 radical (unpaired) electrons. The number of carbonyl (C=O) groups is 2. The Morgan fingerprint density at radius 1 is 1.04 bits per heavy atom. The van der Waals surface area contributed by atoms with Crippen LogP contribution in [0.3, 0.4) is 0 Å². The van der Waals surface area contributed by atoms with Crippen LogP contribution in [0.2, 0.25) is 0 Å². The summed E-state index contributed by atoms with van der Waals surface area (Å²) in [7, 11) is 0. The highest BCUT2D eigenvalue weighted by Gasteiger charge is 2.22. The van der Waals surface area contributed by atoms with Crippen molar-refractivity contribution < 1.29 is 14.3 Å². The highest BCUT2D eigenvalue weighted by Crippen LogP contribution is 2.24. The second-order valence-corrected chi connectivity index (χ2v) is 6.25. The molecule has 5 nitrogen and oxygen atoms in total. The van der Waals surface area contributed by atoms with E-state index in [2.05, 4.69) is 22.8 Å². The van der Waals surface area contributed by atoms with Gasteiger partial charge in [-0.1, -0.05) is 43.2 Å². The molecule has 24 heavy (non-hydrogen) atoms. The second-order valence-electron chi connectivity index (χ2n) is 6.25. The quantitative estimate of drug-likeness (QED) is 0.645. The highest BCUT2D eigenvalue weighted by atomic mass is 16.5. The first kappa shape index (κ1) is 18.5. The van der Waals surface area contributed by atoms with Crippen LogP contribution in [0.1, 0.15) is 37.7 Å². The minimum absolute atomic E-state index is 0.0203. The van der Waals surface area contributed by atoms with Gasteiger partial charge >= 0.3 is 0 Å². The number of carbonyl (C=O) groups excluding carboxylic acids is 2. The molecule has 1 aliphatic rings. The zero-order valence-electron chi connectivity index (χ0n) is 14.3. The molecule has 5 heteroatoms. The number of ether oxygens (including phenoxy) is 1. The van der Waals surface area contributed by atoms with E-state index in [9.17, 15) is 9.59 Å². The number of amides is 2. The third-order valence-corrected chi connectivity index (χ3v) is 4.31. The van der Waals surface area contributed by atoms with Crippen molar-refractivity contribution in [1.29, 1.82) is 0 Å². The summed E-state index contributed by atoms with van der Waals surface area (Å²) >= 11 is 0. The average molecular weight is 332 g/mol. The molecule has 0 aliphatic heterocycles. The van der Waals surface area contributed by atoms with E-state index in [1.807, 2.05) is 18.2 Å². The predicted octanol–water partition coefficient (Wildman–Crippen LogP) is 2.06. The zero-order valence-corrected chi connectivity index (χ0v) is 14.3. The van der Waals surface area contributed by atoms with Crippen LogP contribution in [-0.2, 0) is 20.7 Å². The van der Waals surface area contributed by atoms with Crippen molar-refractivity contribution in [1.82, 2.24) is 10.6 Å². The van der Waals surface area contributed by atoms with E-state index in [0.29, 0.717) is 19.8 Å². The first-order valence-electron chi connectivity index (χ1n) is 8.92. The topological polar surface area (TPSA) is 67.4 Å². The second kappa shape index (κ2) is 10.8. The lowest BCUT2D eigenvalue weighted by Gasteiger charge is -2.10. The highest BCUT2D eigenvalue weighted by molar-refractivity contribution is 5.85. The van der Waals surface area contributed by atoms with Crippen LogP contribution in [0.15, 0.2) is 30.3 Å². The fourth-order valence-electron chi connectivity index (χ4n) is 2.90. The molecular weight excluding hydrogens is 304 g/mol. The van der Waals surface area contributed by atoms with Crippen LogP contribution in [0.5, 0.6) is 0 Å². The van der Waals surface area contributed by atoms with Crippen LogP contribution >= 0.6 is 0 Å². The fourth-order valence-corrected chi connectivity index (χ4v) is 2.90. The Bertz CT molecular complexity index is 499. The van der Waals surface area contributed by atoms with Gasteiger partial charge in [0.1, 0.15) is 0 Å². The molecule has 1 fully saturated rings. The molecule has 0 unspecified atom stereocenters. The normalized spacial score (nSPS) is 14.5. The van der Waals surface area contributed by atoms with Gasteiger partial charge in [-0.05, 0) is 31.2 Å². The molecule has 1 aliphatic carbocycles. The maximum Gasteiger partial charge on any atom is 0.239 e. The molecule has 2 rings (SSSR count). The van der Waals surface area contributed by atoms with Gasteiger partial charge < -0.3 is 15.4 Å². The van der Waals surface area contributed by atoms with Gasteiger partial charge in [-0.25, -0.2) is 0 Å². The summed E-state index contributed by atoms with van der Waals surface area (Å²) in [6.07, 6.45) is 5.82. The molecule has 0 saturated heterocycles. The number of hydrogen-bond acceptors (Lipinski definition) is 3. The molecule has 0 bridgehead atoms. The van der Waals surface area contributed by atoms with E-state index >= 15 is 0 Å². The SMILES string of the molecule is O=C(CNC(=O)C1CCCC1)NCCCOCCc1ccccc1. The Hall–Kier alpha value is -1.88. The van der Waals surface area contributed by atoms with Gasteiger partial charge in [0.25, 0.3) is 0 Å². The van der Waals surface area contributed by atoms with Crippen molar-refractivity contribution in [3.05, 3.63) is 35.9 Å². The average Bonchev–Trinajstić information content (AvgIpc) is 3.14. The van der Waals surface area contributed by atoms with Crippen molar-refractivity contribution >= 4 is 11.8 Å². The van der Waals surface area contributed by atoms with Crippen LogP contribution in [0.4, 0.5) is 0 Å². The molecule has 0 spiro atoms. The largest absolute Gasteiger partial charge is 0.381 e. The van der Waals surface area contributed by atoms with Crippen LogP contribution < -0.4 is 10.6 Å². The molecule has 1 aromatic rings. The van der Waals surface area contributed by atoms with Crippen LogP contribution in [0, 0.1) is 5.92 Å². The minimum atomic E-state index is -0.134. The summed E-state index contributed by atoms with van der Waals surface area (Å²) in [6.45, 7) is 1.96. The zero-order chi connectivity index (χ0) is 17.0. The molecule has 2 amide bonds. The monoisotopic (exact) mass is 332 g/mol. The third-order valence-electron chi connectivity index (χ3n) is 4.31. The lowest BCUT2D eigenvalue weighted by Crippen LogP contribution is -2.39. The molecular formula is C19H28N2O3. The van der Waals surface area contributed by atoms with E-state index in [0.717, 1.165) is 38.5 Å². The van der Waals surface area contributed by atoms with Gasteiger partial charge in [0.2, 0.25) is 11.8 Å². The van der Waals surface area contributed by atoms with E-state index in [-0.39, 0.29) is 24.3 Å². The summed E-state index contributed by atoms with van der Waals surface area (Å²) in [4.78, 5) is 23.5. The molecule has 1 saturated carbocycles. The van der Waals surface area contributed by atoms with Gasteiger partial charge in [0.15, 0.2) is 0 Å². The summed E-state index contributed by atoms with van der Waals surface area (Å²) < 4.78 is 5.56. The standard InChI is InChI=1S/C19H28N2O3/c22-18(15-21-19(23)17-9-4-5-10-17)20-12-6-13-24-14-11-16-7-2-1-3-8-16/h1-3,7-8,17H,4-6,9-15H2,(H,20,22)(H,21,23). The lowest BCUT2D eigenvalue weighted by atomic mass is 10.1. The Morgan fingerprint density at radius 2 is 1.79 bits per heavy atom. The first-order valence-corrected chi connectivity index (χ1v) is 8.92. The number of hydrogen-bond donors (Lipinski definition) is 2. The van der Waals surface area contributed by atoms with E-state index in [4.69, 9.17) is 4.74 Å². The molecule has 1 aromatic carbocycles. The number of nitrogens with one attached hydrogen (secondary N) is 2. The van der Waals surface area contributed by atoms with E-state index in [1.54, 1.807) is 0 Å². The number of rotatable bonds is 10. The van der Waals surface area contributed by atoms with E-state index < -0.39 is 0 Å². The lowest BCUT2D eigenvalue weighted by molar-refractivity contribution is -0.128. The van der Waals surface area contributed by atoms with Crippen LogP contribution in [-0.4, -0.2) is 38.1 Å². The molecule has 132 valence electrons. The number of benzene rings is 1. The van der Waals surface area contributed by atoms with Gasteiger partial charge in [-0.2, -0.15) is 0 Å². The Kier molecular flexibility index (Phi) is 8.32. The van der Waals surface area contributed by atoms with Crippen molar-refractivity contribution in [2.24, 2.45) is 5.92 Å². The van der Waals surface area contributed by atoms with Gasteiger partial charge in [0, 0.05) is 19.1 Å². The molecule has 0 heterocycles. The first-order chi connectivity index (χ1) is 11.8. The summed E-state index contributed by atoms with van der Waals surface area (Å²) in [6, 6.07) is 10.2. The Labute approximate surface area is 144 Å². The van der Waals surface area contributed by atoms with Crippen molar-refractivity contribution in [2.45, 2.75) is 38.5 Å². The van der Waals surface area contributed by atoms with Gasteiger partial charge in [-0.3, -0.25) is 9.59 Å². The van der Waals surface area contributed by atoms with Crippen molar-refractivity contribution in [3.8, 4) is 0 Å². The summed E-state index contributed by atoms with van der Waals surface area (Å²) in [5, 5.41) is 5.53. The summed E-state index contributed by atoms with van der Waals surface area (Å²) in [5.74, 6) is -0.00616. The predicted molar refractivity (Wildman–Crippen MR) is 93.6 cm³/mol. The van der Waals surface area contributed by atoms with Gasteiger partial charge in [-0.15, -0.1) is 0 Å². The van der Waals surface area contributed by atoms with Crippen LogP contribution in [0.25, 0.3) is 0 Å². The third kappa shape index (κ3) is 7.13. The molecule has 0 atom stereocenters. The minimum Gasteiger partial charge on any atom is -0.381 e. The Balaban J connectivity index is 1.42. The van der Waals surface area contributed by atoms with Crippen molar-refractivity contribution in [3.63, 3.8) is 0 Å². The molecule has 0 aromatic heterocycles. The van der Waals surface area contributed by atoms with E-state index in [1.165, 1.54) is 5.56 Å². The smallest absolute Gasteiger partial charge is 0.239 e. The summed E-state index contributed by atoms with van der Waals surface area (Å²) in [5.41, 5.74) is 1.27. The maximum atomic E-state index is 11.8. The Morgan fingerprint density at radius 3 is 2.54 bits per heavy atom. The molecule has 2 N–H and O–H groups in total. The van der Waals surface area contributed by atoms with Crippen molar-refractivity contribution in [2.75, 3.05) is 26.3 Å². The maximum absolute atomic E-state index is 11.8.